The molecule has 3 nitrogen and oxygen atoms in total. The van der Waals surface area contributed by atoms with Crippen molar-refractivity contribution in [3.63, 3.8) is 0 Å². The summed E-state index contributed by atoms with van der Waals surface area (Å²) >= 11 is 0. The number of nitrogens with zero attached hydrogens (tertiary/aromatic N) is 2. The predicted molar refractivity (Wildman–Crippen MR) is 67.5 cm³/mol. The molecule has 0 saturated heterocycles. The van der Waals surface area contributed by atoms with Crippen LogP contribution in [0.1, 0.15) is 27.2 Å². The summed E-state index contributed by atoms with van der Waals surface area (Å²) in [6, 6.07) is 8.05. The summed E-state index contributed by atoms with van der Waals surface area (Å²) in [5.74, 6) is 0. The largest absolute Gasteiger partial charge is 0.378 e. The van der Waals surface area contributed by atoms with E-state index in [0.29, 0.717) is 0 Å². The van der Waals surface area contributed by atoms with Crippen molar-refractivity contribution in [3.05, 3.63) is 30.5 Å². The molecule has 0 amide bonds. The Morgan fingerprint density at radius 1 is 1.25 bits per heavy atom. The van der Waals surface area contributed by atoms with E-state index in [1.54, 1.807) is 6.20 Å². The normalized spacial score (nSPS) is 11.7. The molecule has 0 aliphatic rings. The lowest BCUT2D eigenvalue weighted by molar-refractivity contribution is 0.547. The minimum absolute atomic E-state index is 0.0752. The molecule has 0 spiro atoms. The van der Waals surface area contributed by atoms with Crippen LogP contribution in [0.25, 0.3) is 10.9 Å². The molecule has 0 bridgehead atoms. The summed E-state index contributed by atoms with van der Waals surface area (Å²) in [5.41, 5.74) is 2.06. The molecule has 0 radical (unpaired) electrons. The number of aromatic nitrogens is 2. The monoisotopic (exact) mass is 215 g/mol. The Morgan fingerprint density at radius 2 is 2.00 bits per heavy atom. The van der Waals surface area contributed by atoms with Crippen molar-refractivity contribution in [3.8, 4) is 0 Å². The molecule has 1 aromatic heterocycles. The third-order valence-corrected chi connectivity index (χ3v) is 2.90. The van der Waals surface area contributed by atoms with Gasteiger partial charge in [-0.1, -0.05) is 25.1 Å². The van der Waals surface area contributed by atoms with Crippen LogP contribution >= 0.6 is 0 Å². The van der Waals surface area contributed by atoms with Crippen LogP contribution in [0.4, 0.5) is 5.69 Å². The Kier molecular flexibility index (Phi) is 2.77. The average molecular weight is 215 g/mol. The molecule has 1 N–H and O–H groups in total. The summed E-state index contributed by atoms with van der Waals surface area (Å²) in [5, 5.41) is 12.8. The van der Waals surface area contributed by atoms with E-state index in [1.807, 2.05) is 18.2 Å². The molecular formula is C13H17N3. The van der Waals surface area contributed by atoms with Crippen LogP contribution in [0.15, 0.2) is 30.5 Å². The van der Waals surface area contributed by atoms with Crippen LogP contribution in [-0.2, 0) is 0 Å². The van der Waals surface area contributed by atoms with Crippen LogP contribution in [-0.4, -0.2) is 15.7 Å². The van der Waals surface area contributed by atoms with Crippen LogP contribution in [0, 0.1) is 0 Å². The number of hydrogen-bond donors (Lipinski definition) is 1. The fourth-order valence-electron chi connectivity index (χ4n) is 1.56. The van der Waals surface area contributed by atoms with Gasteiger partial charge in [-0.3, -0.25) is 0 Å². The first-order valence-electron chi connectivity index (χ1n) is 5.61. The molecular weight excluding hydrogens is 198 g/mol. The van der Waals surface area contributed by atoms with Gasteiger partial charge in [-0.25, -0.2) is 0 Å². The third kappa shape index (κ3) is 2.13. The number of benzene rings is 1. The van der Waals surface area contributed by atoms with E-state index in [4.69, 9.17) is 0 Å². The Labute approximate surface area is 95.9 Å². The predicted octanol–water partition coefficient (Wildman–Crippen LogP) is 3.23. The van der Waals surface area contributed by atoms with Gasteiger partial charge >= 0.3 is 0 Å². The molecule has 0 saturated carbocycles. The highest BCUT2D eigenvalue weighted by molar-refractivity contribution is 5.90. The molecule has 0 aliphatic heterocycles. The molecule has 2 aromatic rings. The third-order valence-electron chi connectivity index (χ3n) is 2.90. The highest BCUT2D eigenvalue weighted by Crippen LogP contribution is 2.24. The first kappa shape index (κ1) is 10.9. The zero-order valence-corrected chi connectivity index (χ0v) is 9.99. The van der Waals surface area contributed by atoms with E-state index in [9.17, 15) is 0 Å². The highest BCUT2D eigenvalue weighted by Gasteiger charge is 2.15. The molecule has 3 heteroatoms. The standard InChI is InChI=1S/C13H17N3/c1-4-13(2,3)15-12-9-14-16-11-8-6-5-7-10(11)12/h5-9H,4H2,1-3H3,(H,15,16). The lowest BCUT2D eigenvalue weighted by Gasteiger charge is -2.26. The molecule has 2 rings (SSSR count). The summed E-state index contributed by atoms with van der Waals surface area (Å²) in [6.07, 6.45) is 2.85. The van der Waals surface area contributed by atoms with Crippen LogP contribution < -0.4 is 5.32 Å². The number of fused-ring (bicyclic) bond motifs is 1. The first-order chi connectivity index (χ1) is 7.62. The van der Waals surface area contributed by atoms with Crippen molar-refractivity contribution in [2.24, 2.45) is 0 Å². The number of anilines is 1. The van der Waals surface area contributed by atoms with E-state index in [1.165, 1.54) is 0 Å². The van der Waals surface area contributed by atoms with Gasteiger partial charge in [0.05, 0.1) is 17.4 Å². The van der Waals surface area contributed by atoms with Crippen LogP contribution in [0.3, 0.4) is 0 Å². The zero-order valence-electron chi connectivity index (χ0n) is 9.99. The Bertz CT molecular complexity index is 486. The van der Waals surface area contributed by atoms with Crippen molar-refractivity contribution in [1.82, 2.24) is 10.2 Å². The maximum Gasteiger partial charge on any atom is 0.0950 e. The maximum atomic E-state index is 4.11. The Hall–Kier alpha value is -1.64. The quantitative estimate of drug-likeness (QED) is 0.854. The summed E-state index contributed by atoms with van der Waals surface area (Å²) < 4.78 is 0. The van der Waals surface area contributed by atoms with Gasteiger partial charge < -0.3 is 5.32 Å². The van der Waals surface area contributed by atoms with Gasteiger partial charge in [0, 0.05) is 10.9 Å². The van der Waals surface area contributed by atoms with Gasteiger partial charge in [0.1, 0.15) is 0 Å². The molecule has 0 atom stereocenters. The lowest BCUT2D eigenvalue weighted by atomic mass is 10.0. The Balaban J connectivity index is 2.45. The smallest absolute Gasteiger partial charge is 0.0950 e. The number of hydrogen-bond acceptors (Lipinski definition) is 3. The molecule has 16 heavy (non-hydrogen) atoms. The maximum absolute atomic E-state index is 4.11. The van der Waals surface area contributed by atoms with Gasteiger partial charge in [-0.15, -0.1) is 0 Å². The van der Waals surface area contributed by atoms with Crippen molar-refractivity contribution < 1.29 is 0 Å². The van der Waals surface area contributed by atoms with Crippen LogP contribution in [0.2, 0.25) is 0 Å². The van der Waals surface area contributed by atoms with E-state index in [-0.39, 0.29) is 5.54 Å². The summed E-state index contributed by atoms with van der Waals surface area (Å²) in [6.45, 7) is 6.54. The van der Waals surface area contributed by atoms with Gasteiger partial charge in [-0.05, 0) is 26.3 Å². The fraction of sp³-hybridized carbons (Fsp3) is 0.385. The molecule has 1 aromatic carbocycles. The van der Waals surface area contributed by atoms with Gasteiger partial charge in [0.25, 0.3) is 0 Å². The van der Waals surface area contributed by atoms with Gasteiger partial charge in [-0.2, -0.15) is 10.2 Å². The Morgan fingerprint density at radius 3 is 2.75 bits per heavy atom. The first-order valence-corrected chi connectivity index (χ1v) is 5.61. The number of nitrogens with one attached hydrogen (secondary N) is 1. The number of rotatable bonds is 3. The van der Waals surface area contributed by atoms with Gasteiger partial charge in [0.2, 0.25) is 0 Å². The second-order valence-electron chi connectivity index (χ2n) is 4.64. The van der Waals surface area contributed by atoms with Crippen molar-refractivity contribution in [1.29, 1.82) is 0 Å². The topological polar surface area (TPSA) is 37.8 Å². The highest BCUT2D eigenvalue weighted by atomic mass is 15.1. The van der Waals surface area contributed by atoms with E-state index < -0.39 is 0 Å². The minimum Gasteiger partial charge on any atom is -0.378 e. The van der Waals surface area contributed by atoms with Crippen molar-refractivity contribution in [2.75, 3.05) is 5.32 Å². The second-order valence-corrected chi connectivity index (χ2v) is 4.64. The average Bonchev–Trinajstić information content (AvgIpc) is 2.29. The molecule has 0 unspecified atom stereocenters. The molecule has 0 fully saturated rings. The minimum atomic E-state index is 0.0752. The second kappa shape index (κ2) is 4.08. The molecule has 84 valence electrons. The van der Waals surface area contributed by atoms with Crippen LogP contribution in [0.5, 0.6) is 0 Å². The van der Waals surface area contributed by atoms with Gasteiger partial charge in [0.15, 0.2) is 0 Å². The SMILES string of the molecule is CCC(C)(C)Nc1cnnc2ccccc12. The van der Waals surface area contributed by atoms with E-state index >= 15 is 0 Å². The summed E-state index contributed by atoms with van der Waals surface area (Å²) in [7, 11) is 0. The van der Waals surface area contributed by atoms with E-state index in [0.717, 1.165) is 23.0 Å². The molecule has 0 aliphatic carbocycles. The zero-order chi connectivity index (χ0) is 11.6. The van der Waals surface area contributed by atoms with E-state index in [2.05, 4.69) is 42.4 Å². The summed E-state index contributed by atoms with van der Waals surface area (Å²) in [4.78, 5) is 0. The lowest BCUT2D eigenvalue weighted by Crippen LogP contribution is -2.29. The molecule has 1 heterocycles. The van der Waals surface area contributed by atoms with Crippen molar-refractivity contribution in [2.45, 2.75) is 32.7 Å². The van der Waals surface area contributed by atoms with Crippen molar-refractivity contribution >= 4 is 16.6 Å². The fourth-order valence-corrected chi connectivity index (χ4v) is 1.56.